The number of carbonyl (C=O) groups is 1. The molecule has 0 fully saturated rings. The van der Waals surface area contributed by atoms with E-state index in [1.165, 1.54) is 12.1 Å². The van der Waals surface area contributed by atoms with E-state index < -0.39 is 0 Å². The van der Waals surface area contributed by atoms with Gasteiger partial charge in [-0.15, -0.1) is 0 Å². The number of ketones is 1. The molecule has 0 saturated carbocycles. The van der Waals surface area contributed by atoms with Gasteiger partial charge in [-0.1, -0.05) is 20.8 Å². The summed E-state index contributed by atoms with van der Waals surface area (Å²) in [6, 6.07) is 4.51. The van der Waals surface area contributed by atoms with Crippen LogP contribution in [0.4, 0.5) is 4.39 Å². The lowest BCUT2D eigenvalue weighted by atomic mass is 9.89. The van der Waals surface area contributed by atoms with Crippen molar-refractivity contribution in [1.82, 2.24) is 0 Å². The van der Waals surface area contributed by atoms with E-state index >= 15 is 0 Å². The van der Waals surface area contributed by atoms with Crippen LogP contribution in [0.25, 0.3) is 0 Å². The second-order valence-corrected chi connectivity index (χ2v) is 5.85. The molecule has 0 aliphatic rings. The minimum absolute atomic E-state index is 0.0388. The van der Waals surface area contributed by atoms with E-state index in [1.54, 1.807) is 13.0 Å². The van der Waals surface area contributed by atoms with Gasteiger partial charge in [0.05, 0.1) is 0 Å². The van der Waals surface area contributed by atoms with Gasteiger partial charge in [-0.25, -0.2) is 4.39 Å². The number of hydrogen-bond acceptors (Lipinski definition) is 1. The normalized spacial score (nSPS) is 11.6. The molecule has 0 unspecified atom stereocenters. The van der Waals surface area contributed by atoms with Gasteiger partial charge in [0.15, 0.2) is 5.78 Å². The highest BCUT2D eigenvalue weighted by Crippen LogP contribution is 2.22. The number of hydrogen-bond donors (Lipinski definition) is 0. The van der Waals surface area contributed by atoms with E-state index in [1.807, 2.05) is 0 Å². The topological polar surface area (TPSA) is 17.1 Å². The van der Waals surface area contributed by atoms with Crippen LogP contribution in [0, 0.1) is 18.2 Å². The first-order chi connectivity index (χ1) is 7.78. The van der Waals surface area contributed by atoms with Gasteiger partial charge >= 0.3 is 0 Å². The lowest BCUT2D eigenvalue weighted by molar-refractivity contribution is 0.0975. The van der Waals surface area contributed by atoms with Gasteiger partial charge < -0.3 is 0 Å². The maximum absolute atomic E-state index is 13.1. The van der Waals surface area contributed by atoms with Crippen LogP contribution in [0.2, 0.25) is 0 Å². The summed E-state index contributed by atoms with van der Waals surface area (Å²) < 4.78 is 13.1. The van der Waals surface area contributed by atoms with Crippen molar-refractivity contribution in [2.75, 3.05) is 0 Å². The number of benzene rings is 1. The molecule has 0 atom stereocenters. The molecule has 0 aromatic heterocycles. The summed E-state index contributed by atoms with van der Waals surface area (Å²) in [7, 11) is 0. The summed E-state index contributed by atoms with van der Waals surface area (Å²) >= 11 is 0. The third-order valence-electron chi connectivity index (χ3n) is 2.69. The molecule has 2 heteroatoms. The molecule has 0 saturated heterocycles. The summed E-state index contributed by atoms with van der Waals surface area (Å²) in [5, 5.41) is 0. The van der Waals surface area contributed by atoms with Crippen molar-refractivity contribution in [2.45, 2.75) is 47.0 Å². The van der Waals surface area contributed by atoms with Gasteiger partial charge in [-0.3, -0.25) is 4.79 Å². The van der Waals surface area contributed by atoms with Crippen molar-refractivity contribution in [3.63, 3.8) is 0 Å². The lowest BCUT2D eigenvalue weighted by Crippen LogP contribution is -2.07. The zero-order valence-corrected chi connectivity index (χ0v) is 11.1. The molecular formula is C15H21FO. The maximum Gasteiger partial charge on any atom is 0.162 e. The molecular weight excluding hydrogens is 215 g/mol. The van der Waals surface area contributed by atoms with Gasteiger partial charge in [0.2, 0.25) is 0 Å². The summed E-state index contributed by atoms with van der Waals surface area (Å²) in [6.45, 7) is 8.27. The first-order valence-corrected chi connectivity index (χ1v) is 6.08. The van der Waals surface area contributed by atoms with Crippen LogP contribution in [0.15, 0.2) is 18.2 Å². The average Bonchev–Trinajstić information content (AvgIpc) is 2.13. The molecule has 94 valence electrons. The summed E-state index contributed by atoms with van der Waals surface area (Å²) in [4.78, 5) is 11.9. The van der Waals surface area contributed by atoms with Gasteiger partial charge in [-0.05, 0) is 48.9 Å². The predicted octanol–water partition coefficient (Wildman–Crippen LogP) is 4.53. The molecule has 1 aromatic carbocycles. The van der Waals surface area contributed by atoms with E-state index in [9.17, 15) is 9.18 Å². The van der Waals surface area contributed by atoms with Crippen LogP contribution >= 0.6 is 0 Å². The molecule has 0 N–H and O–H groups in total. The molecule has 0 aliphatic heterocycles. The largest absolute Gasteiger partial charge is 0.294 e. The monoisotopic (exact) mass is 236 g/mol. The highest BCUT2D eigenvalue weighted by atomic mass is 19.1. The Hall–Kier alpha value is -1.18. The van der Waals surface area contributed by atoms with Crippen molar-refractivity contribution < 1.29 is 9.18 Å². The second kappa shape index (κ2) is 5.44. The van der Waals surface area contributed by atoms with E-state index in [2.05, 4.69) is 20.8 Å². The standard InChI is InChI=1S/C15H21FO/c1-11-8-12(10-13(16)9-11)14(17)6-5-7-15(2,3)4/h8-10H,5-7H2,1-4H3. The Labute approximate surface area is 103 Å². The fourth-order valence-electron chi connectivity index (χ4n) is 1.82. The van der Waals surface area contributed by atoms with Crippen LogP contribution in [0.5, 0.6) is 0 Å². The highest BCUT2D eigenvalue weighted by molar-refractivity contribution is 5.96. The molecule has 0 aliphatic carbocycles. The highest BCUT2D eigenvalue weighted by Gasteiger charge is 2.12. The summed E-state index contributed by atoms with van der Waals surface area (Å²) in [5.74, 6) is -0.291. The fraction of sp³-hybridized carbons (Fsp3) is 0.533. The van der Waals surface area contributed by atoms with Gasteiger partial charge in [0.25, 0.3) is 0 Å². The Balaban J connectivity index is 2.58. The quantitative estimate of drug-likeness (QED) is 0.702. The fourth-order valence-corrected chi connectivity index (χ4v) is 1.82. The lowest BCUT2D eigenvalue weighted by Gasteiger charge is -2.17. The number of Topliss-reactive ketones (excluding diaryl/α,β-unsaturated/α-hetero) is 1. The predicted molar refractivity (Wildman–Crippen MR) is 68.8 cm³/mol. The Morgan fingerprint density at radius 1 is 1.24 bits per heavy atom. The molecule has 0 radical (unpaired) electrons. The Morgan fingerprint density at radius 3 is 2.41 bits per heavy atom. The van der Waals surface area contributed by atoms with Crippen LogP contribution in [-0.2, 0) is 0 Å². The zero-order chi connectivity index (χ0) is 13.1. The van der Waals surface area contributed by atoms with E-state index in [-0.39, 0.29) is 17.0 Å². The first-order valence-electron chi connectivity index (χ1n) is 6.08. The van der Waals surface area contributed by atoms with Crippen LogP contribution in [0.3, 0.4) is 0 Å². The van der Waals surface area contributed by atoms with Gasteiger partial charge in [-0.2, -0.15) is 0 Å². The summed E-state index contributed by atoms with van der Waals surface area (Å²) in [6.07, 6.45) is 2.37. The third kappa shape index (κ3) is 5.12. The molecule has 17 heavy (non-hydrogen) atoms. The van der Waals surface area contributed by atoms with E-state index in [4.69, 9.17) is 0 Å². The number of aryl methyl sites for hydroxylation is 1. The number of rotatable bonds is 4. The van der Waals surface area contributed by atoms with Crippen LogP contribution in [0.1, 0.15) is 56.0 Å². The molecule has 1 rings (SSSR count). The van der Waals surface area contributed by atoms with Crippen molar-refractivity contribution in [3.8, 4) is 0 Å². The third-order valence-corrected chi connectivity index (χ3v) is 2.69. The van der Waals surface area contributed by atoms with Crippen molar-refractivity contribution in [2.24, 2.45) is 5.41 Å². The molecule has 1 aromatic rings. The minimum Gasteiger partial charge on any atom is -0.294 e. The average molecular weight is 236 g/mol. The molecule has 0 heterocycles. The Kier molecular flexibility index (Phi) is 4.44. The van der Waals surface area contributed by atoms with E-state index in [0.29, 0.717) is 12.0 Å². The molecule has 0 amide bonds. The molecule has 0 bridgehead atoms. The Morgan fingerprint density at radius 2 is 1.88 bits per heavy atom. The SMILES string of the molecule is Cc1cc(F)cc(C(=O)CCCC(C)(C)C)c1. The summed E-state index contributed by atoms with van der Waals surface area (Å²) in [5.41, 5.74) is 1.54. The molecule has 0 spiro atoms. The van der Waals surface area contributed by atoms with Gasteiger partial charge in [0, 0.05) is 12.0 Å². The van der Waals surface area contributed by atoms with Crippen LogP contribution < -0.4 is 0 Å². The first kappa shape index (κ1) is 13.9. The van der Waals surface area contributed by atoms with Crippen molar-refractivity contribution in [3.05, 3.63) is 35.1 Å². The smallest absolute Gasteiger partial charge is 0.162 e. The number of halogens is 1. The van der Waals surface area contributed by atoms with Crippen LogP contribution in [-0.4, -0.2) is 5.78 Å². The van der Waals surface area contributed by atoms with Crippen molar-refractivity contribution >= 4 is 5.78 Å². The zero-order valence-electron chi connectivity index (χ0n) is 11.1. The second-order valence-electron chi connectivity index (χ2n) is 5.85. The Bertz CT molecular complexity index is 382. The van der Waals surface area contributed by atoms with E-state index in [0.717, 1.165) is 18.4 Å². The minimum atomic E-state index is -0.329. The maximum atomic E-state index is 13.1. The molecule has 1 nitrogen and oxygen atoms in total. The van der Waals surface area contributed by atoms with Crippen molar-refractivity contribution in [1.29, 1.82) is 0 Å². The number of carbonyl (C=O) groups excluding carboxylic acids is 1. The van der Waals surface area contributed by atoms with Gasteiger partial charge in [0.1, 0.15) is 5.82 Å².